The fraction of sp³-hybridized carbons (Fsp3) is 0.158. The standard InChI is InChI=1S/C19H16N4O4/c1-22-15-4-2-3-5-16(15)23(19(22)25)11-10-17(24)27-14-8-6-13(7-9-14)18-21-20-12-26-18/h2-9,12H,10-11H2,1H3. The molecule has 8 nitrogen and oxygen atoms in total. The van der Waals surface area contributed by atoms with Gasteiger partial charge in [0.15, 0.2) is 0 Å². The number of aromatic nitrogens is 4. The van der Waals surface area contributed by atoms with Gasteiger partial charge in [0.2, 0.25) is 12.3 Å². The minimum atomic E-state index is -0.416. The monoisotopic (exact) mass is 364 g/mol. The fourth-order valence-corrected chi connectivity index (χ4v) is 2.93. The third-order valence-electron chi connectivity index (χ3n) is 4.28. The maximum absolute atomic E-state index is 12.4. The number of esters is 1. The maximum atomic E-state index is 12.4. The van der Waals surface area contributed by atoms with Crippen LogP contribution in [0.15, 0.2) is 64.1 Å². The molecule has 0 saturated carbocycles. The zero-order chi connectivity index (χ0) is 18.8. The van der Waals surface area contributed by atoms with E-state index in [-0.39, 0.29) is 18.7 Å². The van der Waals surface area contributed by atoms with Crippen LogP contribution in [0.25, 0.3) is 22.5 Å². The molecule has 0 spiro atoms. The second-order valence-electron chi connectivity index (χ2n) is 5.97. The van der Waals surface area contributed by atoms with Crippen LogP contribution < -0.4 is 10.4 Å². The molecule has 0 N–H and O–H groups in total. The first-order chi connectivity index (χ1) is 13.1. The average molecular weight is 364 g/mol. The quantitative estimate of drug-likeness (QED) is 0.399. The van der Waals surface area contributed by atoms with Crippen LogP contribution in [0, 0.1) is 0 Å². The second kappa shape index (κ2) is 6.91. The fourth-order valence-electron chi connectivity index (χ4n) is 2.93. The molecule has 2 aromatic carbocycles. The van der Waals surface area contributed by atoms with Crippen molar-refractivity contribution >= 4 is 17.0 Å². The van der Waals surface area contributed by atoms with Gasteiger partial charge in [-0.2, -0.15) is 0 Å². The van der Waals surface area contributed by atoms with Crippen LogP contribution in [-0.2, 0) is 18.4 Å². The van der Waals surface area contributed by atoms with Crippen LogP contribution in [0.4, 0.5) is 0 Å². The van der Waals surface area contributed by atoms with Gasteiger partial charge in [-0.15, -0.1) is 10.2 Å². The molecule has 0 saturated heterocycles. The molecule has 0 unspecified atom stereocenters. The molecule has 0 fully saturated rings. The lowest BCUT2D eigenvalue weighted by molar-refractivity contribution is -0.134. The van der Waals surface area contributed by atoms with E-state index in [9.17, 15) is 9.59 Å². The summed E-state index contributed by atoms with van der Waals surface area (Å²) in [5.41, 5.74) is 2.19. The van der Waals surface area contributed by atoms with Gasteiger partial charge in [-0.25, -0.2) is 4.79 Å². The summed E-state index contributed by atoms with van der Waals surface area (Å²) < 4.78 is 13.6. The van der Waals surface area contributed by atoms with Crippen LogP contribution in [0.5, 0.6) is 5.75 Å². The summed E-state index contributed by atoms with van der Waals surface area (Å²) in [5, 5.41) is 7.44. The van der Waals surface area contributed by atoms with Crippen molar-refractivity contribution in [2.75, 3.05) is 0 Å². The zero-order valence-corrected chi connectivity index (χ0v) is 14.5. The normalized spacial score (nSPS) is 11.0. The molecule has 8 heteroatoms. The van der Waals surface area contributed by atoms with Gasteiger partial charge in [-0.05, 0) is 36.4 Å². The van der Waals surface area contributed by atoms with Crippen molar-refractivity contribution in [3.05, 3.63) is 65.4 Å². The highest BCUT2D eigenvalue weighted by Gasteiger charge is 2.13. The van der Waals surface area contributed by atoms with Crippen molar-refractivity contribution in [1.29, 1.82) is 0 Å². The maximum Gasteiger partial charge on any atom is 0.328 e. The van der Waals surface area contributed by atoms with Crippen molar-refractivity contribution < 1.29 is 13.9 Å². The molecule has 0 atom stereocenters. The number of ether oxygens (including phenoxy) is 1. The summed E-state index contributed by atoms with van der Waals surface area (Å²) in [6.07, 6.45) is 1.33. The molecule has 0 aliphatic carbocycles. The molecule has 0 radical (unpaired) electrons. The van der Waals surface area contributed by atoms with Crippen LogP contribution in [0.2, 0.25) is 0 Å². The highest BCUT2D eigenvalue weighted by Crippen LogP contribution is 2.20. The Bertz CT molecular complexity index is 1140. The summed E-state index contributed by atoms with van der Waals surface area (Å²) in [4.78, 5) is 24.5. The summed E-state index contributed by atoms with van der Waals surface area (Å²) >= 11 is 0. The van der Waals surface area contributed by atoms with Gasteiger partial charge in [-0.1, -0.05) is 12.1 Å². The molecule has 27 heavy (non-hydrogen) atoms. The van der Waals surface area contributed by atoms with E-state index < -0.39 is 5.97 Å². The number of fused-ring (bicyclic) bond motifs is 1. The Morgan fingerprint density at radius 2 is 1.85 bits per heavy atom. The van der Waals surface area contributed by atoms with Crippen LogP contribution in [-0.4, -0.2) is 25.3 Å². The summed E-state index contributed by atoms with van der Waals surface area (Å²) in [5.74, 6) is 0.386. The minimum absolute atomic E-state index is 0.0827. The van der Waals surface area contributed by atoms with Crippen molar-refractivity contribution in [2.45, 2.75) is 13.0 Å². The lowest BCUT2D eigenvalue weighted by Gasteiger charge is -2.06. The molecular weight excluding hydrogens is 348 g/mol. The summed E-state index contributed by atoms with van der Waals surface area (Å²) in [6, 6.07) is 14.2. The van der Waals surface area contributed by atoms with E-state index in [1.165, 1.54) is 6.39 Å². The molecular formula is C19H16N4O4. The first-order valence-electron chi connectivity index (χ1n) is 8.35. The lowest BCUT2D eigenvalue weighted by atomic mass is 10.2. The number of hydrogen-bond acceptors (Lipinski definition) is 6. The lowest BCUT2D eigenvalue weighted by Crippen LogP contribution is -2.24. The molecule has 0 amide bonds. The second-order valence-corrected chi connectivity index (χ2v) is 5.97. The van der Waals surface area contributed by atoms with Gasteiger partial charge in [0.1, 0.15) is 5.75 Å². The van der Waals surface area contributed by atoms with Crippen LogP contribution >= 0.6 is 0 Å². The van der Waals surface area contributed by atoms with Gasteiger partial charge in [0, 0.05) is 19.2 Å². The third kappa shape index (κ3) is 3.24. The molecule has 4 aromatic rings. The van der Waals surface area contributed by atoms with E-state index in [0.717, 1.165) is 16.6 Å². The first kappa shape index (κ1) is 16.8. The van der Waals surface area contributed by atoms with E-state index in [1.807, 2.05) is 24.3 Å². The molecule has 0 bridgehead atoms. The Labute approximate surface area is 153 Å². The van der Waals surface area contributed by atoms with Crippen molar-refractivity contribution in [3.8, 4) is 17.2 Å². The average Bonchev–Trinajstić information content (AvgIpc) is 3.30. The number of para-hydroxylation sites is 2. The zero-order valence-electron chi connectivity index (χ0n) is 14.5. The Kier molecular flexibility index (Phi) is 4.29. The molecule has 4 rings (SSSR count). The number of imidazole rings is 1. The minimum Gasteiger partial charge on any atom is -0.426 e. The Balaban J connectivity index is 1.43. The van der Waals surface area contributed by atoms with Crippen molar-refractivity contribution in [2.24, 2.45) is 7.05 Å². The number of rotatable bonds is 5. The van der Waals surface area contributed by atoms with Crippen LogP contribution in [0.1, 0.15) is 6.42 Å². The number of carbonyl (C=O) groups excluding carboxylic acids is 1. The third-order valence-corrected chi connectivity index (χ3v) is 4.28. The van der Waals surface area contributed by atoms with Crippen LogP contribution in [0.3, 0.4) is 0 Å². The number of hydrogen-bond donors (Lipinski definition) is 0. The molecule has 0 aliphatic heterocycles. The topological polar surface area (TPSA) is 92.2 Å². The van der Waals surface area contributed by atoms with E-state index in [1.54, 1.807) is 40.4 Å². The van der Waals surface area contributed by atoms with Gasteiger partial charge >= 0.3 is 11.7 Å². The molecule has 2 aromatic heterocycles. The van der Waals surface area contributed by atoms with Crippen molar-refractivity contribution in [1.82, 2.24) is 19.3 Å². The Morgan fingerprint density at radius 1 is 1.11 bits per heavy atom. The number of benzene rings is 2. The SMILES string of the molecule is Cn1c(=O)n(CCC(=O)Oc2ccc(-c3nnco3)cc2)c2ccccc21. The number of nitrogens with zero attached hydrogens (tertiary/aromatic N) is 4. The van der Waals surface area contributed by atoms with Gasteiger partial charge in [0.05, 0.1) is 17.5 Å². The highest BCUT2D eigenvalue weighted by atomic mass is 16.5. The number of carbonyl (C=O) groups is 1. The van der Waals surface area contributed by atoms with Gasteiger partial charge in [-0.3, -0.25) is 13.9 Å². The van der Waals surface area contributed by atoms with Gasteiger partial charge in [0.25, 0.3) is 0 Å². The molecule has 0 aliphatic rings. The van der Waals surface area contributed by atoms with E-state index in [2.05, 4.69) is 10.2 Å². The number of aryl methyl sites for hydroxylation is 2. The predicted molar refractivity (Wildman–Crippen MR) is 97.2 cm³/mol. The largest absolute Gasteiger partial charge is 0.426 e. The Hall–Kier alpha value is -3.68. The molecule has 2 heterocycles. The predicted octanol–water partition coefficient (Wildman–Crippen LogP) is 2.39. The molecule has 136 valence electrons. The summed E-state index contributed by atoms with van der Waals surface area (Å²) in [6.45, 7) is 0.249. The first-order valence-corrected chi connectivity index (χ1v) is 8.35. The van der Waals surface area contributed by atoms with Gasteiger partial charge < -0.3 is 9.15 Å². The Morgan fingerprint density at radius 3 is 2.56 bits per heavy atom. The van der Waals surface area contributed by atoms with E-state index in [0.29, 0.717) is 11.6 Å². The highest BCUT2D eigenvalue weighted by molar-refractivity contribution is 5.76. The van der Waals surface area contributed by atoms with Crippen molar-refractivity contribution in [3.63, 3.8) is 0 Å². The van der Waals surface area contributed by atoms with E-state index >= 15 is 0 Å². The van der Waals surface area contributed by atoms with E-state index in [4.69, 9.17) is 9.15 Å². The summed E-state index contributed by atoms with van der Waals surface area (Å²) in [7, 11) is 1.71. The smallest absolute Gasteiger partial charge is 0.328 e.